The van der Waals surface area contributed by atoms with Crippen LogP contribution >= 0.6 is 0 Å². The van der Waals surface area contributed by atoms with Gasteiger partial charge in [-0.15, -0.1) is 0 Å². The Hall–Kier alpha value is -3.93. The van der Waals surface area contributed by atoms with Gasteiger partial charge in [0, 0.05) is 12.8 Å². The van der Waals surface area contributed by atoms with E-state index in [1.165, 1.54) is 44.9 Å². The number of ether oxygens (including phenoxy) is 3. The molecule has 0 amide bonds. The van der Waals surface area contributed by atoms with Gasteiger partial charge in [0.1, 0.15) is 13.2 Å². The first-order chi connectivity index (χ1) is 28.5. The van der Waals surface area contributed by atoms with Crippen molar-refractivity contribution < 1.29 is 28.6 Å². The van der Waals surface area contributed by atoms with Crippen molar-refractivity contribution in [2.45, 2.75) is 187 Å². The van der Waals surface area contributed by atoms with Crippen LogP contribution < -0.4 is 0 Å². The number of esters is 3. The van der Waals surface area contributed by atoms with Crippen molar-refractivity contribution in [2.24, 2.45) is 0 Å². The lowest BCUT2D eigenvalue weighted by molar-refractivity contribution is -0.166. The fourth-order valence-corrected chi connectivity index (χ4v) is 5.65. The summed E-state index contributed by atoms with van der Waals surface area (Å²) < 4.78 is 16.5. The number of hydrogen-bond donors (Lipinski definition) is 0. The smallest absolute Gasteiger partial charge is 0.309 e. The van der Waals surface area contributed by atoms with Crippen molar-refractivity contribution in [3.8, 4) is 0 Å². The molecule has 6 heteroatoms. The van der Waals surface area contributed by atoms with Crippen LogP contribution in [0.4, 0.5) is 0 Å². The average molecular weight is 803 g/mol. The molecule has 0 fully saturated rings. The lowest BCUT2D eigenvalue weighted by atomic mass is 10.1. The Morgan fingerprint density at radius 1 is 0.379 bits per heavy atom. The predicted octanol–water partition coefficient (Wildman–Crippen LogP) is 14.8. The zero-order valence-corrected chi connectivity index (χ0v) is 37.0. The lowest BCUT2D eigenvalue weighted by Gasteiger charge is -2.18. The number of allylic oxidation sites excluding steroid dienone is 17. The second-order valence-electron chi connectivity index (χ2n) is 14.6. The van der Waals surface area contributed by atoms with Crippen LogP contribution in [0.25, 0.3) is 0 Å². The highest BCUT2D eigenvalue weighted by Crippen LogP contribution is 2.11. The Labute approximate surface area is 355 Å². The van der Waals surface area contributed by atoms with Crippen LogP contribution in [0.15, 0.2) is 109 Å². The van der Waals surface area contributed by atoms with Crippen LogP contribution in [0.1, 0.15) is 181 Å². The molecule has 58 heavy (non-hydrogen) atoms. The van der Waals surface area contributed by atoms with Crippen molar-refractivity contribution >= 4 is 17.9 Å². The molecule has 0 aromatic rings. The van der Waals surface area contributed by atoms with Crippen LogP contribution in [0, 0.1) is 0 Å². The minimum absolute atomic E-state index is 0.117. The van der Waals surface area contributed by atoms with Gasteiger partial charge in [0.05, 0.1) is 6.42 Å². The molecule has 6 nitrogen and oxygen atoms in total. The quantitative estimate of drug-likeness (QED) is 0.0267. The van der Waals surface area contributed by atoms with Gasteiger partial charge >= 0.3 is 17.9 Å². The SMILES string of the molecule is CC/C=C\C/C=C\C/C=C\CCCCCCC(=O)OC(COC(=O)C/C=C\C/C=C\C/C=C\CC)COC(=O)CCC/C=C\C/C=C\C/C=C\CCCCCCCC. The van der Waals surface area contributed by atoms with E-state index in [4.69, 9.17) is 14.2 Å². The summed E-state index contributed by atoms with van der Waals surface area (Å²) >= 11 is 0. The highest BCUT2D eigenvalue weighted by Gasteiger charge is 2.19. The van der Waals surface area contributed by atoms with E-state index in [2.05, 4.69) is 118 Å². The van der Waals surface area contributed by atoms with Crippen molar-refractivity contribution in [2.75, 3.05) is 13.2 Å². The number of carbonyl (C=O) groups excluding carboxylic acids is 3. The molecule has 0 aliphatic carbocycles. The van der Waals surface area contributed by atoms with Crippen molar-refractivity contribution in [3.05, 3.63) is 109 Å². The number of rotatable bonds is 39. The maximum Gasteiger partial charge on any atom is 0.309 e. The molecule has 1 unspecified atom stereocenters. The Morgan fingerprint density at radius 3 is 1.26 bits per heavy atom. The molecule has 0 rings (SSSR count). The summed E-state index contributed by atoms with van der Waals surface area (Å²) in [6, 6.07) is 0. The Bertz CT molecular complexity index is 1240. The van der Waals surface area contributed by atoms with E-state index in [0.29, 0.717) is 6.42 Å². The molecule has 0 radical (unpaired) electrons. The molecule has 0 aliphatic heterocycles. The predicted molar refractivity (Wildman–Crippen MR) is 247 cm³/mol. The van der Waals surface area contributed by atoms with Gasteiger partial charge in [0.25, 0.3) is 0 Å². The van der Waals surface area contributed by atoms with E-state index in [1.54, 1.807) is 6.08 Å². The summed E-state index contributed by atoms with van der Waals surface area (Å²) in [5.41, 5.74) is 0. The summed E-state index contributed by atoms with van der Waals surface area (Å²) in [6.45, 7) is 6.20. The molecule has 326 valence electrons. The van der Waals surface area contributed by atoms with Gasteiger partial charge in [0.2, 0.25) is 0 Å². The third-order valence-electron chi connectivity index (χ3n) is 9.03. The summed E-state index contributed by atoms with van der Waals surface area (Å²) in [6.07, 6.45) is 61.2. The first-order valence-corrected chi connectivity index (χ1v) is 22.9. The fourth-order valence-electron chi connectivity index (χ4n) is 5.65. The minimum Gasteiger partial charge on any atom is -0.462 e. The van der Waals surface area contributed by atoms with Crippen molar-refractivity contribution in [1.82, 2.24) is 0 Å². The second kappa shape index (κ2) is 45.8. The maximum absolute atomic E-state index is 12.7. The van der Waals surface area contributed by atoms with E-state index in [1.807, 2.05) is 6.08 Å². The minimum atomic E-state index is -0.845. The van der Waals surface area contributed by atoms with Gasteiger partial charge in [0.15, 0.2) is 6.10 Å². The number of carbonyl (C=O) groups is 3. The standard InChI is InChI=1S/C52H82O6/c1-4-7-10-13-16-19-21-23-25-26-27-29-30-33-36-39-42-45-51(54)57-48-49(47-56-50(53)44-41-38-35-32-18-15-12-9-6-3)58-52(55)46-43-40-37-34-31-28-24-22-20-17-14-11-8-5-2/h8-9,11-12,17-18,20,23-25,27-29,32-33,36,38,41,49H,4-7,10,13-16,19,21-22,26,30-31,34-35,37,39-40,42-48H2,1-3H3/b11-8-,12-9-,20-17-,25-23-,28-24-,29-27-,32-18-,36-33-,41-38-. The van der Waals surface area contributed by atoms with Gasteiger partial charge in [-0.1, -0.05) is 175 Å². The Kier molecular flexibility index (Phi) is 42.7. The monoisotopic (exact) mass is 803 g/mol. The second-order valence-corrected chi connectivity index (χ2v) is 14.6. The molecule has 0 spiro atoms. The molecule has 0 aliphatic rings. The molecule has 0 bridgehead atoms. The molecular formula is C52H82O6. The zero-order valence-electron chi connectivity index (χ0n) is 37.0. The van der Waals surface area contributed by atoms with Crippen molar-refractivity contribution in [1.29, 1.82) is 0 Å². The van der Waals surface area contributed by atoms with E-state index in [9.17, 15) is 14.4 Å². The van der Waals surface area contributed by atoms with E-state index < -0.39 is 12.1 Å². The first kappa shape index (κ1) is 54.1. The van der Waals surface area contributed by atoms with Gasteiger partial charge in [-0.05, 0) is 96.3 Å². The maximum atomic E-state index is 12.7. The normalized spacial score (nSPS) is 13.1. The van der Waals surface area contributed by atoms with Crippen LogP contribution in [0.3, 0.4) is 0 Å². The molecule has 0 N–H and O–H groups in total. The largest absolute Gasteiger partial charge is 0.462 e. The molecule has 0 heterocycles. The van der Waals surface area contributed by atoms with Gasteiger partial charge in [-0.25, -0.2) is 0 Å². The van der Waals surface area contributed by atoms with Crippen molar-refractivity contribution in [3.63, 3.8) is 0 Å². The highest BCUT2D eigenvalue weighted by atomic mass is 16.6. The number of unbranched alkanes of at least 4 members (excludes halogenated alkanes) is 11. The summed E-state index contributed by atoms with van der Waals surface area (Å²) in [5, 5.41) is 0. The van der Waals surface area contributed by atoms with Gasteiger partial charge in [-0.2, -0.15) is 0 Å². The summed E-state index contributed by atoms with van der Waals surface area (Å²) in [4.78, 5) is 37.6. The van der Waals surface area contributed by atoms with Gasteiger partial charge < -0.3 is 14.2 Å². The van der Waals surface area contributed by atoms with Crippen LogP contribution in [0.5, 0.6) is 0 Å². The first-order valence-electron chi connectivity index (χ1n) is 22.9. The van der Waals surface area contributed by atoms with E-state index >= 15 is 0 Å². The molecule has 0 aromatic carbocycles. The number of hydrogen-bond acceptors (Lipinski definition) is 6. The third-order valence-corrected chi connectivity index (χ3v) is 9.03. The zero-order chi connectivity index (χ0) is 42.3. The van der Waals surface area contributed by atoms with Gasteiger partial charge in [-0.3, -0.25) is 14.4 Å². The fraction of sp³-hybridized carbons (Fsp3) is 0.596. The average Bonchev–Trinajstić information content (AvgIpc) is 3.22. The van der Waals surface area contributed by atoms with Crippen LogP contribution in [0.2, 0.25) is 0 Å². The molecule has 1 atom stereocenters. The molecule has 0 saturated carbocycles. The molecule has 0 saturated heterocycles. The van der Waals surface area contributed by atoms with E-state index in [-0.39, 0.29) is 44.4 Å². The molecular weight excluding hydrogens is 721 g/mol. The Balaban J connectivity index is 4.55. The topological polar surface area (TPSA) is 78.9 Å². The van der Waals surface area contributed by atoms with Crippen LogP contribution in [-0.4, -0.2) is 37.2 Å². The van der Waals surface area contributed by atoms with Crippen LogP contribution in [-0.2, 0) is 28.6 Å². The molecule has 0 aromatic heterocycles. The highest BCUT2D eigenvalue weighted by molar-refractivity contribution is 5.72. The van der Waals surface area contributed by atoms with E-state index in [0.717, 1.165) is 89.9 Å². The Morgan fingerprint density at radius 2 is 0.759 bits per heavy atom. The summed E-state index contributed by atoms with van der Waals surface area (Å²) in [5.74, 6) is -1.15. The summed E-state index contributed by atoms with van der Waals surface area (Å²) in [7, 11) is 0. The lowest BCUT2D eigenvalue weighted by Crippen LogP contribution is -2.30. The third kappa shape index (κ3) is 43.2.